The Labute approximate surface area is 351 Å². The van der Waals surface area contributed by atoms with E-state index in [1.165, 1.54) is 58.5 Å². The van der Waals surface area contributed by atoms with Crippen LogP contribution in [0.25, 0.3) is 21.8 Å². The molecule has 6 aromatic rings. The Morgan fingerprint density at radius 2 is 1.05 bits per heavy atom. The summed E-state index contributed by atoms with van der Waals surface area (Å²) in [6.45, 7) is 13.1. The quantitative estimate of drug-likeness (QED) is 0.102. The summed E-state index contributed by atoms with van der Waals surface area (Å²) >= 11 is 5.45. The van der Waals surface area contributed by atoms with Crippen molar-refractivity contribution in [1.82, 2.24) is 20.2 Å². The number of anilines is 2. The van der Waals surface area contributed by atoms with Gasteiger partial charge in [0.1, 0.15) is 11.6 Å². The van der Waals surface area contributed by atoms with Gasteiger partial charge in [0, 0.05) is 104 Å². The van der Waals surface area contributed by atoms with E-state index < -0.39 is 0 Å². The normalized spacial score (nSPS) is 14.3. The highest BCUT2D eigenvalue weighted by atomic mass is 35.5. The summed E-state index contributed by atoms with van der Waals surface area (Å²) in [5.74, 6) is -0.0567. The zero-order valence-corrected chi connectivity index (χ0v) is 34.7. The van der Waals surface area contributed by atoms with Crippen LogP contribution in [0.3, 0.4) is 0 Å². The van der Waals surface area contributed by atoms with E-state index in [4.69, 9.17) is 16.6 Å². The zero-order valence-electron chi connectivity index (χ0n) is 34.0. The largest absolute Gasteiger partial charge is 0.367 e. The third-order valence-corrected chi connectivity index (χ3v) is 10.9. The molecule has 11 heteroatoms. The van der Waals surface area contributed by atoms with Gasteiger partial charge in [0.05, 0.1) is 22.4 Å². The summed E-state index contributed by atoms with van der Waals surface area (Å²) in [4.78, 5) is 40.3. The standard InChI is InChI=1S/C24H26FN3O.C14H17N3.C10H10ClFO/c1-18-7-8-20-4-2-5-22(24(20)26-18)28-16-14-27(15-17-28)13-3-6-23(29)19-9-11-21(25)12-10-19;1-11-5-6-12-3-2-4-13(14(12)16-11)17-9-7-15-8-10-17;11-7-1-2-10(13)8-3-5-9(12)6-4-8/h2,4-5,7-12H,3,6,13-17H2,1H3;2-6,15H,7-10H2,1H3;3-6H,1-2,7H2. The number of aromatic nitrogens is 2. The lowest BCUT2D eigenvalue weighted by Crippen LogP contribution is -2.46. The van der Waals surface area contributed by atoms with Gasteiger partial charge in [0.25, 0.3) is 0 Å². The highest BCUT2D eigenvalue weighted by molar-refractivity contribution is 6.18. The number of Topliss-reactive ketones (excluding diaryl/α,β-unsaturated/α-hetero) is 2. The van der Waals surface area contributed by atoms with E-state index in [0.717, 1.165) is 87.7 Å². The molecule has 0 radical (unpaired) electrons. The van der Waals surface area contributed by atoms with Crippen LogP contribution < -0.4 is 15.1 Å². The Morgan fingerprint density at radius 3 is 1.53 bits per heavy atom. The Hall–Kier alpha value is -5.29. The second-order valence-electron chi connectivity index (χ2n) is 14.9. The molecule has 4 aromatic carbocycles. The molecule has 0 spiro atoms. The molecule has 4 heterocycles. The summed E-state index contributed by atoms with van der Waals surface area (Å²) in [6.07, 6.45) is 2.41. The molecule has 2 aliphatic heterocycles. The molecule has 8 nitrogen and oxygen atoms in total. The molecule has 8 rings (SSSR count). The SMILES string of the molecule is Cc1ccc2cccc(N3CCN(CCCC(=O)c4ccc(F)cc4)CC3)c2n1.Cc1ccc2cccc(N3CCNCC3)c2n1.O=C(CCCCl)c1ccc(F)cc1. The first-order valence-corrected chi connectivity index (χ1v) is 21.0. The van der Waals surface area contributed by atoms with Crippen molar-refractivity contribution in [2.24, 2.45) is 0 Å². The average molecular weight is 819 g/mol. The summed E-state index contributed by atoms with van der Waals surface area (Å²) in [6, 6.07) is 32.6. The van der Waals surface area contributed by atoms with Crippen LogP contribution in [0, 0.1) is 25.5 Å². The van der Waals surface area contributed by atoms with Crippen molar-refractivity contribution >= 4 is 56.3 Å². The third-order valence-electron chi connectivity index (χ3n) is 10.6. The number of carbonyl (C=O) groups is 2. The molecule has 0 amide bonds. The molecule has 2 fully saturated rings. The molecule has 2 aliphatic rings. The first kappa shape index (κ1) is 43.3. The molecule has 1 N–H and O–H groups in total. The van der Waals surface area contributed by atoms with E-state index in [1.807, 2.05) is 13.8 Å². The van der Waals surface area contributed by atoms with E-state index in [-0.39, 0.29) is 23.2 Å². The molecule has 0 aliphatic carbocycles. The van der Waals surface area contributed by atoms with Crippen molar-refractivity contribution in [2.45, 2.75) is 39.5 Å². The third kappa shape index (κ3) is 12.4. The first-order chi connectivity index (χ1) is 28.7. The van der Waals surface area contributed by atoms with E-state index >= 15 is 0 Å². The fraction of sp³-hybridized carbons (Fsp3) is 0.333. The van der Waals surface area contributed by atoms with Gasteiger partial charge in [0.15, 0.2) is 11.6 Å². The van der Waals surface area contributed by atoms with Gasteiger partial charge in [-0.3, -0.25) is 24.5 Å². The fourth-order valence-electron chi connectivity index (χ4n) is 7.34. The number of rotatable bonds is 11. The molecular formula is C48H53ClF2N6O2. The van der Waals surface area contributed by atoms with E-state index in [1.54, 1.807) is 12.1 Å². The number of alkyl halides is 1. The van der Waals surface area contributed by atoms with Gasteiger partial charge in [-0.25, -0.2) is 8.78 Å². The number of halogens is 3. The summed E-state index contributed by atoms with van der Waals surface area (Å²) in [5.41, 5.74) is 7.95. The zero-order chi connectivity index (χ0) is 41.6. The molecule has 0 saturated carbocycles. The number of hydrogen-bond acceptors (Lipinski definition) is 8. The lowest BCUT2D eigenvalue weighted by atomic mass is 10.1. The van der Waals surface area contributed by atoms with Gasteiger partial charge < -0.3 is 15.1 Å². The van der Waals surface area contributed by atoms with Crippen LogP contribution in [0.5, 0.6) is 0 Å². The highest BCUT2D eigenvalue weighted by Gasteiger charge is 2.20. The smallest absolute Gasteiger partial charge is 0.162 e. The maximum Gasteiger partial charge on any atom is 0.162 e. The van der Waals surface area contributed by atoms with Crippen molar-refractivity contribution in [2.75, 3.05) is 74.6 Å². The lowest BCUT2D eigenvalue weighted by molar-refractivity contribution is 0.0969. The van der Waals surface area contributed by atoms with Gasteiger partial charge >= 0.3 is 0 Å². The van der Waals surface area contributed by atoms with Crippen LogP contribution in [0.15, 0.2) is 109 Å². The second kappa shape index (κ2) is 21.6. The van der Waals surface area contributed by atoms with E-state index in [2.05, 4.69) is 85.7 Å². The number of pyridine rings is 2. The van der Waals surface area contributed by atoms with Crippen molar-refractivity contribution in [3.8, 4) is 0 Å². The van der Waals surface area contributed by atoms with Crippen LogP contribution in [0.2, 0.25) is 0 Å². The minimum Gasteiger partial charge on any atom is -0.367 e. The van der Waals surface area contributed by atoms with Crippen LogP contribution in [0.1, 0.15) is 57.8 Å². The molecular weight excluding hydrogens is 766 g/mol. The highest BCUT2D eigenvalue weighted by Crippen LogP contribution is 2.27. The number of nitrogens with one attached hydrogen (secondary N) is 1. The second-order valence-corrected chi connectivity index (χ2v) is 15.3. The number of carbonyl (C=O) groups excluding carboxylic acids is 2. The van der Waals surface area contributed by atoms with Crippen molar-refractivity contribution in [1.29, 1.82) is 0 Å². The number of piperazine rings is 2. The summed E-state index contributed by atoms with van der Waals surface area (Å²) < 4.78 is 25.4. The van der Waals surface area contributed by atoms with Crippen LogP contribution in [0.4, 0.5) is 20.2 Å². The van der Waals surface area contributed by atoms with E-state index in [0.29, 0.717) is 36.3 Å². The van der Waals surface area contributed by atoms with Gasteiger partial charge in [0.2, 0.25) is 0 Å². The molecule has 0 unspecified atom stereocenters. The Balaban J connectivity index is 0.000000165. The predicted octanol–water partition coefficient (Wildman–Crippen LogP) is 9.45. The molecule has 59 heavy (non-hydrogen) atoms. The molecule has 2 saturated heterocycles. The molecule has 2 aromatic heterocycles. The summed E-state index contributed by atoms with van der Waals surface area (Å²) in [7, 11) is 0. The van der Waals surface area contributed by atoms with Crippen LogP contribution in [-0.2, 0) is 0 Å². The number of para-hydroxylation sites is 2. The van der Waals surface area contributed by atoms with Gasteiger partial charge in [-0.15, -0.1) is 11.6 Å². The van der Waals surface area contributed by atoms with Gasteiger partial charge in [-0.05, 0) is 106 Å². The predicted molar refractivity (Wildman–Crippen MR) is 237 cm³/mol. The summed E-state index contributed by atoms with van der Waals surface area (Å²) in [5, 5.41) is 5.79. The average Bonchev–Trinajstić information content (AvgIpc) is 3.26. The van der Waals surface area contributed by atoms with Gasteiger partial charge in [-0.2, -0.15) is 0 Å². The maximum atomic E-state index is 13.0. The van der Waals surface area contributed by atoms with E-state index in [9.17, 15) is 18.4 Å². The lowest BCUT2D eigenvalue weighted by Gasteiger charge is -2.36. The topological polar surface area (TPSA) is 81.7 Å². The number of fused-ring (bicyclic) bond motifs is 2. The van der Waals surface area contributed by atoms with Crippen molar-refractivity contribution in [3.63, 3.8) is 0 Å². The van der Waals surface area contributed by atoms with Crippen molar-refractivity contribution < 1.29 is 18.4 Å². The number of nitrogens with zero attached hydrogens (tertiary/aromatic N) is 5. The minimum atomic E-state index is -0.325. The monoisotopic (exact) mass is 818 g/mol. The number of ketones is 2. The molecule has 0 atom stereocenters. The van der Waals surface area contributed by atoms with Crippen LogP contribution in [-0.4, -0.2) is 91.2 Å². The fourth-order valence-corrected chi connectivity index (χ4v) is 7.47. The van der Waals surface area contributed by atoms with Crippen molar-refractivity contribution in [3.05, 3.63) is 143 Å². The Kier molecular flexibility index (Phi) is 15.9. The maximum absolute atomic E-state index is 13.0. The minimum absolute atomic E-state index is 0.0145. The number of benzene rings is 4. The Morgan fingerprint density at radius 1 is 0.593 bits per heavy atom. The first-order valence-electron chi connectivity index (χ1n) is 20.5. The van der Waals surface area contributed by atoms with Gasteiger partial charge in [-0.1, -0.05) is 36.4 Å². The van der Waals surface area contributed by atoms with Crippen LogP contribution >= 0.6 is 11.6 Å². The Bertz CT molecular complexity index is 2290. The number of hydrogen-bond donors (Lipinski definition) is 1. The number of aryl methyl sites for hydroxylation is 2. The molecule has 0 bridgehead atoms. The molecule has 308 valence electrons.